The fourth-order valence-corrected chi connectivity index (χ4v) is 3.50. The van der Waals surface area contributed by atoms with E-state index in [1.54, 1.807) is 0 Å². The lowest BCUT2D eigenvalue weighted by atomic mass is 10.1. The van der Waals surface area contributed by atoms with Crippen LogP contribution in [0.5, 0.6) is 0 Å². The Morgan fingerprint density at radius 3 is 2.74 bits per heavy atom. The van der Waals surface area contributed by atoms with Gasteiger partial charge in [-0.2, -0.15) is 0 Å². The molecule has 0 aliphatic carbocycles. The van der Waals surface area contributed by atoms with Gasteiger partial charge in [-0.3, -0.25) is 9.80 Å². The number of likely N-dealkylation sites (tertiary alicyclic amines) is 1. The Morgan fingerprint density at radius 2 is 1.89 bits per heavy atom. The van der Waals surface area contributed by atoms with E-state index in [9.17, 15) is 0 Å². The number of likely N-dealkylation sites (N-methyl/N-ethyl adjacent to an activating group) is 1. The number of benzene rings is 1. The highest BCUT2D eigenvalue weighted by Gasteiger charge is 2.34. The van der Waals surface area contributed by atoms with Gasteiger partial charge in [-0.15, -0.1) is 0 Å². The summed E-state index contributed by atoms with van der Waals surface area (Å²) in [4.78, 5) is 5.25. The van der Waals surface area contributed by atoms with Crippen molar-refractivity contribution in [2.75, 3.05) is 38.5 Å². The van der Waals surface area contributed by atoms with Crippen molar-refractivity contribution in [2.24, 2.45) is 0 Å². The maximum absolute atomic E-state index is 3.51. The molecule has 104 valence electrons. The molecule has 0 radical (unpaired) electrons. The van der Waals surface area contributed by atoms with Crippen LogP contribution < -0.4 is 5.32 Å². The van der Waals surface area contributed by atoms with Gasteiger partial charge in [0, 0.05) is 37.4 Å². The van der Waals surface area contributed by atoms with Crippen LogP contribution >= 0.6 is 0 Å². The summed E-state index contributed by atoms with van der Waals surface area (Å²) in [5, 5.41) is 3.51. The molecule has 0 saturated carbocycles. The molecule has 3 heteroatoms. The highest BCUT2D eigenvalue weighted by Crippen LogP contribution is 2.28. The minimum atomic E-state index is 0.796. The summed E-state index contributed by atoms with van der Waals surface area (Å²) < 4.78 is 0. The number of para-hydroxylation sites is 1. The molecule has 3 nitrogen and oxygen atoms in total. The van der Waals surface area contributed by atoms with Crippen LogP contribution in [-0.2, 0) is 0 Å². The zero-order valence-corrected chi connectivity index (χ0v) is 11.9. The number of nitrogens with one attached hydrogen (secondary N) is 1. The lowest BCUT2D eigenvalue weighted by Gasteiger charge is -2.25. The topological polar surface area (TPSA) is 18.5 Å². The third-order valence-corrected chi connectivity index (χ3v) is 4.76. The summed E-state index contributed by atoms with van der Waals surface area (Å²) >= 11 is 0. The molecule has 2 saturated heterocycles. The maximum Gasteiger partial charge on any atom is 0.0340 e. The molecule has 2 heterocycles. The van der Waals surface area contributed by atoms with Gasteiger partial charge in [0.25, 0.3) is 0 Å². The molecule has 2 unspecified atom stereocenters. The van der Waals surface area contributed by atoms with Gasteiger partial charge in [-0.25, -0.2) is 0 Å². The standard InChI is InChI=1S/C16H25N3/c1-18-15-7-8-16(18)13-19(11-9-15)12-10-17-14-5-3-2-4-6-14/h2-6,15-17H,7-13H2,1H3. The molecule has 3 rings (SSSR count). The van der Waals surface area contributed by atoms with Gasteiger partial charge in [0.1, 0.15) is 0 Å². The fourth-order valence-electron chi connectivity index (χ4n) is 3.50. The van der Waals surface area contributed by atoms with E-state index in [1.807, 2.05) is 0 Å². The third-order valence-electron chi connectivity index (χ3n) is 4.76. The molecule has 2 fully saturated rings. The number of hydrogen-bond acceptors (Lipinski definition) is 3. The minimum absolute atomic E-state index is 0.796. The van der Waals surface area contributed by atoms with Crippen molar-refractivity contribution in [3.05, 3.63) is 30.3 Å². The number of anilines is 1. The summed E-state index contributed by atoms with van der Waals surface area (Å²) in [6.45, 7) is 4.72. The number of rotatable bonds is 4. The van der Waals surface area contributed by atoms with E-state index < -0.39 is 0 Å². The number of fused-ring (bicyclic) bond motifs is 2. The molecule has 2 bridgehead atoms. The summed E-state index contributed by atoms with van der Waals surface area (Å²) in [7, 11) is 2.31. The van der Waals surface area contributed by atoms with E-state index in [-0.39, 0.29) is 0 Å². The van der Waals surface area contributed by atoms with Crippen molar-refractivity contribution in [1.82, 2.24) is 9.80 Å². The van der Waals surface area contributed by atoms with E-state index in [0.717, 1.165) is 25.2 Å². The Labute approximate surface area is 116 Å². The zero-order valence-electron chi connectivity index (χ0n) is 11.9. The van der Waals surface area contributed by atoms with Crippen LogP contribution in [0, 0.1) is 0 Å². The monoisotopic (exact) mass is 259 g/mol. The van der Waals surface area contributed by atoms with Crippen LogP contribution in [0.3, 0.4) is 0 Å². The second-order valence-corrected chi connectivity index (χ2v) is 5.93. The van der Waals surface area contributed by atoms with E-state index in [0.29, 0.717) is 0 Å². The van der Waals surface area contributed by atoms with Crippen molar-refractivity contribution in [1.29, 1.82) is 0 Å². The van der Waals surface area contributed by atoms with Crippen LogP contribution in [0.15, 0.2) is 30.3 Å². The van der Waals surface area contributed by atoms with Crippen molar-refractivity contribution in [2.45, 2.75) is 31.3 Å². The average Bonchev–Trinajstić information content (AvgIpc) is 2.68. The number of hydrogen-bond donors (Lipinski definition) is 1. The Balaban J connectivity index is 1.46. The Kier molecular flexibility index (Phi) is 4.04. The molecular formula is C16H25N3. The first-order valence-electron chi connectivity index (χ1n) is 7.56. The molecule has 1 N–H and O–H groups in total. The van der Waals surface area contributed by atoms with Crippen molar-refractivity contribution in [3.63, 3.8) is 0 Å². The normalized spacial score (nSPS) is 28.3. The van der Waals surface area contributed by atoms with Crippen molar-refractivity contribution < 1.29 is 0 Å². The van der Waals surface area contributed by atoms with Gasteiger partial charge in [0.15, 0.2) is 0 Å². The molecule has 0 spiro atoms. The van der Waals surface area contributed by atoms with Gasteiger partial charge < -0.3 is 5.32 Å². The van der Waals surface area contributed by atoms with Gasteiger partial charge >= 0.3 is 0 Å². The molecule has 0 aromatic heterocycles. The van der Waals surface area contributed by atoms with E-state index in [1.165, 1.54) is 38.0 Å². The summed E-state index contributed by atoms with van der Waals surface area (Å²) in [5.41, 5.74) is 1.23. The summed E-state index contributed by atoms with van der Waals surface area (Å²) in [6.07, 6.45) is 4.15. The Hall–Kier alpha value is -1.06. The van der Waals surface area contributed by atoms with E-state index in [2.05, 4.69) is 52.5 Å². The lowest BCUT2D eigenvalue weighted by Crippen LogP contribution is -2.38. The average molecular weight is 259 g/mol. The molecule has 2 aliphatic rings. The van der Waals surface area contributed by atoms with Crippen LogP contribution in [0.25, 0.3) is 0 Å². The third kappa shape index (κ3) is 3.10. The maximum atomic E-state index is 3.51. The molecule has 1 aromatic carbocycles. The highest BCUT2D eigenvalue weighted by molar-refractivity contribution is 5.42. The number of nitrogens with zero attached hydrogens (tertiary/aromatic N) is 2. The summed E-state index contributed by atoms with van der Waals surface area (Å²) in [6, 6.07) is 12.1. The van der Waals surface area contributed by atoms with Crippen molar-refractivity contribution in [3.8, 4) is 0 Å². The largest absolute Gasteiger partial charge is 0.384 e. The molecular weight excluding hydrogens is 234 g/mol. The van der Waals surface area contributed by atoms with Gasteiger partial charge in [-0.05, 0) is 45.0 Å². The quantitative estimate of drug-likeness (QED) is 0.895. The van der Waals surface area contributed by atoms with Gasteiger partial charge in [0.05, 0.1) is 0 Å². The fraction of sp³-hybridized carbons (Fsp3) is 0.625. The predicted octanol–water partition coefficient (Wildman–Crippen LogP) is 2.27. The zero-order chi connectivity index (χ0) is 13.1. The molecule has 0 amide bonds. The van der Waals surface area contributed by atoms with Crippen LogP contribution in [0.4, 0.5) is 5.69 Å². The minimum Gasteiger partial charge on any atom is -0.384 e. The van der Waals surface area contributed by atoms with E-state index >= 15 is 0 Å². The van der Waals surface area contributed by atoms with Crippen molar-refractivity contribution >= 4 is 5.69 Å². The summed E-state index contributed by atoms with van der Waals surface area (Å²) in [5.74, 6) is 0. The predicted molar refractivity (Wildman–Crippen MR) is 80.6 cm³/mol. The Morgan fingerprint density at radius 1 is 1.11 bits per heavy atom. The molecule has 1 aromatic rings. The first kappa shape index (κ1) is 12.9. The molecule has 2 aliphatic heterocycles. The van der Waals surface area contributed by atoms with Crippen LogP contribution in [0.1, 0.15) is 19.3 Å². The second-order valence-electron chi connectivity index (χ2n) is 5.93. The van der Waals surface area contributed by atoms with Crippen LogP contribution in [-0.4, -0.2) is 55.1 Å². The lowest BCUT2D eigenvalue weighted by molar-refractivity contribution is 0.223. The Bertz CT molecular complexity index is 392. The molecule has 2 atom stereocenters. The first-order chi connectivity index (χ1) is 9.33. The van der Waals surface area contributed by atoms with E-state index in [4.69, 9.17) is 0 Å². The SMILES string of the molecule is CN1C2CCC1CN(CCNc1ccccc1)CC2. The van der Waals surface area contributed by atoms with Gasteiger partial charge in [-0.1, -0.05) is 18.2 Å². The first-order valence-corrected chi connectivity index (χ1v) is 7.56. The molecule has 19 heavy (non-hydrogen) atoms. The second kappa shape index (κ2) is 5.93. The van der Waals surface area contributed by atoms with Gasteiger partial charge in [0.2, 0.25) is 0 Å². The highest BCUT2D eigenvalue weighted by atomic mass is 15.3. The smallest absolute Gasteiger partial charge is 0.0340 e. The van der Waals surface area contributed by atoms with Crippen LogP contribution in [0.2, 0.25) is 0 Å².